The smallest absolute Gasteiger partial charge is 0.163 e. The minimum Gasteiger partial charge on any atom is -0.393 e. The van der Waals surface area contributed by atoms with E-state index in [4.69, 9.17) is 5.26 Å². The van der Waals surface area contributed by atoms with Gasteiger partial charge < -0.3 is 10.0 Å². The topological polar surface area (TPSA) is 60.1 Å². The number of aromatic nitrogens is 1. The first-order chi connectivity index (χ1) is 7.70. The molecule has 1 heterocycles. The highest BCUT2D eigenvalue weighted by molar-refractivity contribution is 5.55. The molecule has 0 spiro atoms. The molecule has 1 saturated carbocycles. The van der Waals surface area contributed by atoms with Crippen molar-refractivity contribution in [1.82, 2.24) is 4.98 Å². The molecule has 1 aromatic rings. The quantitative estimate of drug-likeness (QED) is 0.825. The third kappa shape index (κ3) is 2.15. The number of hydrogen-bond donors (Lipinski definition) is 1. The maximum absolute atomic E-state index is 9.22. The van der Waals surface area contributed by atoms with Crippen molar-refractivity contribution in [2.75, 3.05) is 18.5 Å². The number of hydrogen-bond acceptors (Lipinski definition) is 4. The van der Waals surface area contributed by atoms with E-state index >= 15 is 0 Å². The molecule has 0 bridgehead atoms. The summed E-state index contributed by atoms with van der Waals surface area (Å²) in [5.41, 5.74) is 1.33. The second-order valence-electron chi connectivity index (χ2n) is 4.35. The zero-order chi connectivity index (χ0) is 11.5. The summed E-state index contributed by atoms with van der Waals surface area (Å²) >= 11 is 0. The van der Waals surface area contributed by atoms with E-state index in [1.54, 1.807) is 6.20 Å². The summed E-state index contributed by atoms with van der Waals surface area (Å²) in [4.78, 5) is 6.08. The van der Waals surface area contributed by atoms with Crippen LogP contribution in [0, 0.1) is 17.2 Å². The number of aliphatic hydroxyl groups excluding tert-OH is 1. The van der Waals surface area contributed by atoms with Gasteiger partial charge in [0.15, 0.2) is 5.69 Å². The Hall–Kier alpha value is -1.60. The van der Waals surface area contributed by atoms with Gasteiger partial charge in [0.05, 0.1) is 11.8 Å². The van der Waals surface area contributed by atoms with Crippen LogP contribution in [-0.2, 0) is 0 Å². The monoisotopic (exact) mass is 217 g/mol. The van der Waals surface area contributed by atoms with E-state index in [0.29, 0.717) is 11.6 Å². The summed E-state index contributed by atoms with van der Waals surface area (Å²) < 4.78 is 0. The highest BCUT2D eigenvalue weighted by Gasteiger charge is 2.28. The number of nitriles is 1. The molecule has 0 radical (unpaired) electrons. The van der Waals surface area contributed by atoms with E-state index in [2.05, 4.69) is 11.1 Å². The van der Waals surface area contributed by atoms with E-state index in [1.807, 2.05) is 24.1 Å². The Bertz CT molecular complexity index is 407. The van der Waals surface area contributed by atoms with Crippen molar-refractivity contribution in [3.8, 4) is 6.07 Å². The fourth-order valence-corrected chi connectivity index (χ4v) is 2.13. The first-order valence-electron chi connectivity index (χ1n) is 5.45. The number of rotatable bonds is 3. The van der Waals surface area contributed by atoms with Crippen LogP contribution in [0.1, 0.15) is 18.5 Å². The van der Waals surface area contributed by atoms with E-state index in [9.17, 15) is 5.11 Å². The van der Waals surface area contributed by atoms with Gasteiger partial charge in [0.2, 0.25) is 0 Å². The maximum atomic E-state index is 9.22. The normalized spacial score (nSPS) is 23.3. The van der Waals surface area contributed by atoms with Crippen LogP contribution in [-0.4, -0.2) is 29.8 Å². The van der Waals surface area contributed by atoms with Crippen LogP contribution in [0.25, 0.3) is 0 Å². The third-order valence-corrected chi connectivity index (χ3v) is 3.05. The Morgan fingerprint density at radius 1 is 1.62 bits per heavy atom. The Balaban J connectivity index is 2.03. The summed E-state index contributed by atoms with van der Waals surface area (Å²) in [6.07, 6.45) is 3.24. The van der Waals surface area contributed by atoms with Gasteiger partial charge >= 0.3 is 0 Å². The van der Waals surface area contributed by atoms with E-state index in [0.717, 1.165) is 25.1 Å². The number of aliphatic hydroxyl groups is 1. The van der Waals surface area contributed by atoms with Gasteiger partial charge in [0.25, 0.3) is 0 Å². The lowest BCUT2D eigenvalue weighted by Gasteiger charge is -2.35. The molecular formula is C12H15N3O. The molecule has 0 aliphatic heterocycles. The van der Waals surface area contributed by atoms with Gasteiger partial charge in [-0.15, -0.1) is 0 Å². The second-order valence-corrected chi connectivity index (χ2v) is 4.35. The van der Waals surface area contributed by atoms with Crippen molar-refractivity contribution in [3.05, 3.63) is 24.0 Å². The van der Waals surface area contributed by atoms with Gasteiger partial charge in [-0.1, -0.05) is 0 Å². The highest BCUT2D eigenvalue weighted by Crippen LogP contribution is 2.29. The van der Waals surface area contributed by atoms with Crippen LogP contribution in [0.15, 0.2) is 18.3 Å². The lowest BCUT2D eigenvalue weighted by Crippen LogP contribution is -2.37. The molecule has 84 valence electrons. The molecule has 4 nitrogen and oxygen atoms in total. The Kier molecular flexibility index (Phi) is 3.07. The molecular weight excluding hydrogens is 202 g/mol. The van der Waals surface area contributed by atoms with Gasteiger partial charge in [-0.3, -0.25) is 0 Å². The van der Waals surface area contributed by atoms with Crippen molar-refractivity contribution >= 4 is 5.69 Å². The minimum absolute atomic E-state index is 0.122. The van der Waals surface area contributed by atoms with Crippen LogP contribution in [0.2, 0.25) is 0 Å². The van der Waals surface area contributed by atoms with Gasteiger partial charge in [0, 0.05) is 19.8 Å². The fourth-order valence-electron chi connectivity index (χ4n) is 2.13. The van der Waals surface area contributed by atoms with Crippen molar-refractivity contribution in [1.29, 1.82) is 5.26 Å². The van der Waals surface area contributed by atoms with Gasteiger partial charge in [-0.05, 0) is 30.9 Å². The van der Waals surface area contributed by atoms with Crippen molar-refractivity contribution in [2.24, 2.45) is 5.92 Å². The van der Waals surface area contributed by atoms with E-state index in [1.165, 1.54) is 0 Å². The van der Waals surface area contributed by atoms with E-state index < -0.39 is 0 Å². The molecule has 0 unspecified atom stereocenters. The lowest BCUT2D eigenvalue weighted by molar-refractivity contribution is 0.0465. The van der Waals surface area contributed by atoms with Crippen LogP contribution in [0.4, 0.5) is 5.69 Å². The molecule has 2 rings (SSSR count). The molecule has 1 aliphatic rings. The summed E-state index contributed by atoms with van der Waals surface area (Å²) in [5, 5.41) is 18.2. The maximum Gasteiger partial charge on any atom is 0.163 e. The Morgan fingerprint density at radius 2 is 2.38 bits per heavy atom. The molecule has 16 heavy (non-hydrogen) atoms. The molecule has 1 fully saturated rings. The molecule has 0 aromatic carbocycles. The van der Waals surface area contributed by atoms with Crippen molar-refractivity contribution in [2.45, 2.75) is 18.9 Å². The summed E-state index contributed by atoms with van der Waals surface area (Å²) in [6.45, 7) is 0.872. The molecule has 0 atom stereocenters. The Labute approximate surface area is 95.1 Å². The predicted octanol–water partition coefficient (Wildman–Crippen LogP) is 1.16. The predicted molar refractivity (Wildman–Crippen MR) is 61.0 cm³/mol. The van der Waals surface area contributed by atoms with Crippen LogP contribution in [0.5, 0.6) is 0 Å². The second kappa shape index (κ2) is 4.50. The average molecular weight is 217 g/mol. The summed E-state index contributed by atoms with van der Waals surface area (Å²) in [5.74, 6) is 0.534. The van der Waals surface area contributed by atoms with Crippen LogP contribution >= 0.6 is 0 Å². The van der Waals surface area contributed by atoms with Crippen LogP contribution < -0.4 is 4.90 Å². The van der Waals surface area contributed by atoms with Crippen molar-refractivity contribution in [3.63, 3.8) is 0 Å². The lowest BCUT2D eigenvalue weighted by atomic mass is 9.82. The molecule has 4 heteroatoms. The molecule has 1 N–H and O–H groups in total. The van der Waals surface area contributed by atoms with E-state index in [-0.39, 0.29) is 6.10 Å². The zero-order valence-corrected chi connectivity index (χ0v) is 9.30. The number of nitrogens with zero attached hydrogens (tertiary/aromatic N) is 3. The first-order valence-corrected chi connectivity index (χ1v) is 5.45. The van der Waals surface area contributed by atoms with Crippen molar-refractivity contribution < 1.29 is 5.11 Å². The largest absolute Gasteiger partial charge is 0.393 e. The first kappa shape index (κ1) is 10.9. The molecule has 0 amide bonds. The minimum atomic E-state index is -0.122. The average Bonchev–Trinajstić information content (AvgIpc) is 2.27. The summed E-state index contributed by atoms with van der Waals surface area (Å²) in [6, 6.07) is 5.83. The van der Waals surface area contributed by atoms with Crippen LogP contribution in [0.3, 0.4) is 0 Å². The zero-order valence-electron chi connectivity index (χ0n) is 9.30. The molecule has 1 aromatic heterocycles. The molecule has 1 aliphatic carbocycles. The fraction of sp³-hybridized carbons (Fsp3) is 0.500. The molecule has 0 saturated heterocycles. The van der Waals surface area contributed by atoms with Gasteiger partial charge in [-0.2, -0.15) is 5.26 Å². The number of anilines is 1. The Morgan fingerprint density at radius 3 is 3.00 bits per heavy atom. The van der Waals surface area contributed by atoms with Gasteiger partial charge in [-0.25, -0.2) is 4.98 Å². The van der Waals surface area contributed by atoms with Gasteiger partial charge in [0.1, 0.15) is 6.07 Å². The SMILES string of the molecule is CN(CC1CC(O)C1)c1cccnc1C#N. The summed E-state index contributed by atoms with van der Waals surface area (Å²) in [7, 11) is 1.96. The number of pyridine rings is 1. The third-order valence-electron chi connectivity index (χ3n) is 3.05. The standard InChI is InChI=1S/C12H15N3O/c1-15(8-9-5-10(16)6-9)12-3-2-4-14-11(12)7-13/h2-4,9-10,16H,5-6,8H2,1H3. The highest BCUT2D eigenvalue weighted by atomic mass is 16.3.